The molecule has 0 aliphatic rings. The molecule has 2 N–H and O–H groups in total. The molecule has 0 aliphatic heterocycles. The van der Waals surface area contributed by atoms with Crippen LogP contribution in [-0.2, 0) is 0 Å². The molecule has 0 unspecified atom stereocenters. The molecule has 0 bridgehead atoms. The SMILES string of the molecule is Nc1cc(Cl)cnc1Sc1ccc2ccccc2c1. The van der Waals surface area contributed by atoms with Crippen molar-refractivity contribution in [3.05, 3.63) is 59.8 Å². The smallest absolute Gasteiger partial charge is 0.124 e. The predicted octanol–water partition coefficient (Wildman–Crippen LogP) is 4.62. The molecule has 4 heteroatoms. The zero-order chi connectivity index (χ0) is 13.2. The van der Waals surface area contributed by atoms with E-state index in [1.165, 1.54) is 10.8 Å². The molecular formula is C15H11ClN2S. The van der Waals surface area contributed by atoms with Gasteiger partial charge in [0, 0.05) is 11.1 Å². The van der Waals surface area contributed by atoms with Gasteiger partial charge in [-0.25, -0.2) is 4.98 Å². The Morgan fingerprint density at radius 2 is 1.79 bits per heavy atom. The van der Waals surface area contributed by atoms with Crippen molar-refractivity contribution >= 4 is 39.8 Å². The molecule has 2 nitrogen and oxygen atoms in total. The lowest BCUT2D eigenvalue weighted by atomic mass is 10.1. The number of fused-ring (bicyclic) bond motifs is 1. The number of aromatic nitrogens is 1. The summed E-state index contributed by atoms with van der Waals surface area (Å²) in [5.74, 6) is 0. The summed E-state index contributed by atoms with van der Waals surface area (Å²) in [7, 11) is 0. The average molecular weight is 287 g/mol. The van der Waals surface area contributed by atoms with Crippen molar-refractivity contribution in [3.63, 3.8) is 0 Å². The van der Waals surface area contributed by atoms with Gasteiger partial charge in [0.25, 0.3) is 0 Å². The molecule has 1 heterocycles. The molecule has 3 aromatic rings. The monoisotopic (exact) mass is 286 g/mol. The minimum absolute atomic E-state index is 0.556. The highest BCUT2D eigenvalue weighted by atomic mass is 35.5. The van der Waals surface area contributed by atoms with Gasteiger partial charge >= 0.3 is 0 Å². The number of nitrogens with two attached hydrogens (primary N) is 1. The Kier molecular flexibility index (Phi) is 3.32. The Hall–Kier alpha value is -1.71. The third-order valence-corrected chi connectivity index (χ3v) is 4.01. The van der Waals surface area contributed by atoms with E-state index in [0.717, 1.165) is 9.92 Å². The molecule has 3 rings (SSSR count). The molecule has 1 aromatic heterocycles. The Labute approximate surface area is 120 Å². The van der Waals surface area contributed by atoms with Crippen molar-refractivity contribution in [1.29, 1.82) is 0 Å². The molecule has 0 radical (unpaired) electrons. The Morgan fingerprint density at radius 3 is 2.58 bits per heavy atom. The molecule has 0 fully saturated rings. The summed E-state index contributed by atoms with van der Waals surface area (Å²) < 4.78 is 0. The van der Waals surface area contributed by atoms with Crippen LogP contribution in [0.1, 0.15) is 0 Å². The van der Waals surface area contributed by atoms with E-state index in [1.807, 2.05) is 12.1 Å². The van der Waals surface area contributed by atoms with Gasteiger partial charge in [0.05, 0.1) is 10.7 Å². The van der Waals surface area contributed by atoms with E-state index < -0.39 is 0 Å². The average Bonchev–Trinajstić information content (AvgIpc) is 2.42. The third kappa shape index (κ3) is 2.67. The van der Waals surface area contributed by atoms with Gasteiger partial charge in [0.2, 0.25) is 0 Å². The lowest BCUT2D eigenvalue weighted by molar-refractivity contribution is 1.14. The summed E-state index contributed by atoms with van der Waals surface area (Å²) in [6.07, 6.45) is 1.61. The second-order valence-corrected chi connectivity index (χ2v) is 5.66. The zero-order valence-corrected chi connectivity index (χ0v) is 11.6. The summed E-state index contributed by atoms with van der Waals surface area (Å²) in [6.45, 7) is 0. The fourth-order valence-corrected chi connectivity index (χ4v) is 2.86. The normalized spacial score (nSPS) is 10.8. The lowest BCUT2D eigenvalue weighted by Crippen LogP contribution is -1.91. The van der Waals surface area contributed by atoms with Crippen molar-refractivity contribution in [2.45, 2.75) is 9.92 Å². The van der Waals surface area contributed by atoms with E-state index in [9.17, 15) is 0 Å². The molecule has 0 saturated heterocycles. The molecular weight excluding hydrogens is 276 g/mol. The van der Waals surface area contributed by atoms with Crippen LogP contribution in [0.4, 0.5) is 5.69 Å². The van der Waals surface area contributed by atoms with E-state index in [2.05, 4.69) is 35.3 Å². The van der Waals surface area contributed by atoms with Crippen LogP contribution in [0.25, 0.3) is 10.8 Å². The number of rotatable bonds is 2. The van der Waals surface area contributed by atoms with Gasteiger partial charge in [-0.1, -0.05) is 53.7 Å². The first-order chi connectivity index (χ1) is 9.22. The molecule has 19 heavy (non-hydrogen) atoms. The van der Waals surface area contributed by atoms with Gasteiger partial charge in [-0.2, -0.15) is 0 Å². The fraction of sp³-hybridized carbons (Fsp3) is 0. The van der Waals surface area contributed by atoms with Gasteiger partial charge in [-0.15, -0.1) is 0 Å². The molecule has 0 spiro atoms. The number of nitrogens with zero attached hydrogens (tertiary/aromatic N) is 1. The number of pyridine rings is 1. The second kappa shape index (κ2) is 5.11. The number of hydrogen-bond donors (Lipinski definition) is 1. The maximum atomic E-state index is 5.91. The number of benzene rings is 2. The molecule has 0 atom stereocenters. The highest BCUT2D eigenvalue weighted by molar-refractivity contribution is 7.99. The number of halogens is 1. The topological polar surface area (TPSA) is 38.9 Å². The van der Waals surface area contributed by atoms with Crippen LogP contribution in [0.3, 0.4) is 0 Å². The summed E-state index contributed by atoms with van der Waals surface area (Å²) >= 11 is 7.39. The first kappa shape index (κ1) is 12.3. The van der Waals surface area contributed by atoms with Crippen LogP contribution in [0.2, 0.25) is 5.02 Å². The fourth-order valence-electron chi connectivity index (χ4n) is 1.87. The summed E-state index contributed by atoms with van der Waals surface area (Å²) in [5.41, 5.74) is 6.52. The highest BCUT2D eigenvalue weighted by Gasteiger charge is 2.05. The van der Waals surface area contributed by atoms with E-state index in [1.54, 1.807) is 24.0 Å². The molecule has 94 valence electrons. The number of nitrogen functional groups attached to an aromatic ring is 1. The Balaban J connectivity index is 1.96. The maximum Gasteiger partial charge on any atom is 0.124 e. The second-order valence-electron chi connectivity index (χ2n) is 4.16. The quantitative estimate of drug-likeness (QED) is 0.747. The van der Waals surface area contributed by atoms with E-state index in [0.29, 0.717) is 10.7 Å². The van der Waals surface area contributed by atoms with Crippen LogP contribution < -0.4 is 5.73 Å². The minimum Gasteiger partial charge on any atom is -0.396 e. The largest absolute Gasteiger partial charge is 0.396 e. The van der Waals surface area contributed by atoms with Crippen molar-refractivity contribution in [2.75, 3.05) is 5.73 Å². The summed E-state index contributed by atoms with van der Waals surface area (Å²) in [5, 5.41) is 3.77. The van der Waals surface area contributed by atoms with Crippen molar-refractivity contribution < 1.29 is 0 Å². The zero-order valence-electron chi connectivity index (χ0n) is 10.0. The Bertz CT molecular complexity index is 743. The standard InChI is InChI=1S/C15H11ClN2S/c16-12-8-14(17)15(18-9-12)19-13-6-5-10-3-1-2-4-11(10)7-13/h1-9H,17H2. The molecule has 0 aliphatic carbocycles. The minimum atomic E-state index is 0.556. The number of anilines is 1. The summed E-state index contributed by atoms with van der Waals surface area (Å²) in [4.78, 5) is 5.37. The van der Waals surface area contributed by atoms with Crippen LogP contribution in [0, 0.1) is 0 Å². The Morgan fingerprint density at radius 1 is 1.00 bits per heavy atom. The molecule has 0 amide bonds. The van der Waals surface area contributed by atoms with Crippen molar-refractivity contribution in [1.82, 2.24) is 4.98 Å². The van der Waals surface area contributed by atoms with Gasteiger partial charge in [0.1, 0.15) is 5.03 Å². The molecule has 2 aromatic carbocycles. The van der Waals surface area contributed by atoms with Gasteiger partial charge < -0.3 is 5.73 Å². The van der Waals surface area contributed by atoms with Gasteiger partial charge in [-0.3, -0.25) is 0 Å². The first-order valence-electron chi connectivity index (χ1n) is 5.80. The van der Waals surface area contributed by atoms with E-state index in [-0.39, 0.29) is 0 Å². The third-order valence-electron chi connectivity index (χ3n) is 2.78. The highest BCUT2D eigenvalue weighted by Crippen LogP contribution is 2.32. The van der Waals surface area contributed by atoms with Crippen molar-refractivity contribution in [3.8, 4) is 0 Å². The summed E-state index contributed by atoms with van der Waals surface area (Å²) in [6, 6.07) is 16.3. The van der Waals surface area contributed by atoms with Crippen LogP contribution >= 0.6 is 23.4 Å². The van der Waals surface area contributed by atoms with Crippen LogP contribution in [0.15, 0.2) is 64.6 Å². The first-order valence-corrected chi connectivity index (χ1v) is 6.99. The lowest BCUT2D eigenvalue weighted by Gasteiger charge is -2.06. The molecule has 0 saturated carbocycles. The number of hydrogen-bond acceptors (Lipinski definition) is 3. The van der Waals surface area contributed by atoms with Crippen molar-refractivity contribution in [2.24, 2.45) is 0 Å². The van der Waals surface area contributed by atoms with Gasteiger partial charge in [0.15, 0.2) is 0 Å². The van der Waals surface area contributed by atoms with Gasteiger partial charge in [-0.05, 0) is 29.0 Å². The predicted molar refractivity (Wildman–Crippen MR) is 81.7 cm³/mol. The van der Waals surface area contributed by atoms with E-state index >= 15 is 0 Å². The van der Waals surface area contributed by atoms with E-state index in [4.69, 9.17) is 17.3 Å². The van der Waals surface area contributed by atoms with Crippen LogP contribution in [0.5, 0.6) is 0 Å². The maximum absolute atomic E-state index is 5.91. The van der Waals surface area contributed by atoms with Crippen LogP contribution in [-0.4, -0.2) is 4.98 Å².